The van der Waals surface area contributed by atoms with E-state index < -0.39 is 0 Å². The molecule has 26 heavy (non-hydrogen) atoms. The van der Waals surface area contributed by atoms with Crippen LogP contribution in [0, 0.1) is 0 Å². The highest BCUT2D eigenvalue weighted by molar-refractivity contribution is 6.36. The van der Waals surface area contributed by atoms with Crippen molar-refractivity contribution in [3.63, 3.8) is 0 Å². The number of methoxy groups -OCH3 is 2. The Labute approximate surface area is 150 Å². The average molecular weight is 351 g/mol. The van der Waals surface area contributed by atoms with Gasteiger partial charge in [0.2, 0.25) is 5.91 Å². The molecule has 1 aliphatic heterocycles. The van der Waals surface area contributed by atoms with E-state index in [1.54, 1.807) is 32.4 Å². The molecule has 0 unspecified atom stereocenters. The monoisotopic (exact) mass is 351 g/mol. The van der Waals surface area contributed by atoms with Gasteiger partial charge in [0.25, 0.3) is 5.91 Å². The van der Waals surface area contributed by atoms with Gasteiger partial charge in [0.15, 0.2) is 11.5 Å². The summed E-state index contributed by atoms with van der Waals surface area (Å²) in [5.41, 5.74) is 2.24. The van der Waals surface area contributed by atoms with Gasteiger partial charge < -0.3 is 9.47 Å². The number of aryl methyl sites for hydroxylation is 1. The average Bonchev–Trinajstić information content (AvgIpc) is 2.66. The molecule has 3 rings (SSSR count). The topological polar surface area (TPSA) is 89.7 Å². The highest BCUT2D eigenvalue weighted by Crippen LogP contribution is 2.28. The second-order valence-corrected chi connectivity index (χ2v) is 5.58. The summed E-state index contributed by atoms with van der Waals surface area (Å²) < 4.78 is 10.5. The largest absolute Gasteiger partial charge is 0.493 e. The number of amides is 2. The highest BCUT2D eigenvalue weighted by atomic mass is 16.5. The molecule has 2 amide bonds. The lowest BCUT2D eigenvalue weighted by molar-refractivity contribution is -0.117. The van der Waals surface area contributed by atoms with Crippen molar-refractivity contribution in [1.82, 2.24) is 0 Å². The predicted molar refractivity (Wildman–Crippen MR) is 98.5 cm³/mol. The third kappa shape index (κ3) is 3.83. The van der Waals surface area contributed by atoms with E-state index in [0.29, 0.717) is 34.9 Å². The highest BCUT2D eigenvalue weighted by Gasteiger charge is 2.20. The van der Waals surface area contributed by atoms with Crippen molar-refractivity contribution < 1.29 is 19.1 Å². The van der Waals surface area contributed by atoms with Crippen molar-refractivity contribution in [3.05, 3.63) is 47.6 Å². The molecule has 2 aliphatic rings. The summed E-state index contributed by atoms with van der Waals surface area (Å²) in [7, 11) is 3.14. The standard InChI is InChI=1S/C19H17N3O4/c1-25-16-7-3-12(9-17(16)26-2)4-8-18(23)22-13-5-6-15-14(10-13)19(24)21-11-20-15/h3,5-7,9-11H,4,8H2,1-2H3. The Morgan fingerprint density at radius 3 is 2.73 bits per heavy atom. The van der Waals surface area contributed by atoms with Crippen LogP contribution >= 0.6 is 0 Å². The third-order valence-electron chi connectivity index (χ3n) is 3.91. The second kappa shape index (κ2) is 7.69. The number of allylic oxidation sites excluding steroid dienone is 3. The number of ether oxygens (including phenoxy) is 2. The molecule has 0 spiro atoms. The van der Waals surface area contributed by atoms with Crippen LogP contribution < -0.4 is 9.47 Å². The molecule has 0 N–H and O–H groups in total. The van der Waals surface area contributed by atoms with Gasteiger partial charge in [-0.05, 0) is 42.3 Å². The van der Waals surface area contributed by atoms with E-state index in [9.17, 15) is 9.59 Å². The van der Waals surface area contributed by atoms with E-state index in [2.05, 4.69) is 15.0 Å². The fraction of sp³-hybridized carbons (Fsp3) is 0.211. The summed E-state index contributed by atoms with van der Waals surface area (Å²) in [6, 6.07) is 5.52. The van der Waals surface area contributed by atoms with Gasteiger partial charge in [-0.2, -0.15) is 4.99 Å². The molecule has 0 atom stereocenters. The molecule has 0 aromatic heterocycles. The minimum Gasteiger partial charge on any atom is -0.493 e. The van der Waals surface area contributed by atoms with Gasteiger partial charge in [0.05, 0.1) is 31.2 Å². The molecule has 0 saturated heterocycles. The molecule has 1 aliphatic carbocycles. The normalized spacial score (nSPS) is 16.8. The number of aliphatic imine (C=N–C) groups is 3. The number of rotatable bonds is 5. The van der Waals surface area contributed by atoms with Crippen molar-refractivity contribution in [1.29, 1.82) is 0 Å². The Morgan fingerprint density at radius 2 is 1.96 bits per heavy atom. The second-order valence-electron chi connectivity index (χ2n) is 5.58. The molecule has 7 nitrogen and oxygen atoms in total. The van der Waals surface area contributed by atoms with Gasteiger partial charge in [-0.15, -0.1) is 0 Å². The fourth-order valence-electron chi connectivity index (χ4n) is 2.58. The maximum absolute atomic E-state index is 12.2. The van der Waals surface area contributed by atoms with Crippen LogP contribution in [0.1, 0.15) is 12.0 Å². The Bertz CT molecular complexity index is 907. The Morgan fingerprint density at radius 1 is 1.15 bits per heavy atom. The zero-order valence-corrected chi connectivity index (χ0v) is 14.4. The van der Waals surface area contributed by atoms with Gasteiger partial charge >= 0.3 is 0 Å². The summed E-state index contributed by atoms with van der Waals surface area (Å²) in [4.78, 5) is 35.6. The molecule has 0 saturated carbocycles. The quantitative estimate of drug-likeness (QED) is 0.760. The van der Waals surface area contributed by atoms with Gasteiger partial charge in [0.1, 0.15) is 6.34 Å². The molecule has 0 fully saturated rings. The van der Waals surface area contributed by atoms with Crippen LogP contribution in [-0.4, -0.2) is 43.8 Å². The first-order chi connectivity index (χ1) is 12.6. The fourth-order valence-corrected chi connectivity index (χ4v) is 2.58. The van der Waals surface area contributed by atoms with Crippen LogP contribution in [0.15, 0.2) is 57.0 Å². The molecular weight excluding hydrogens is 334 g/mol. The zero-order valence-electron chi connectivity index (χ0n) is 14.4. The van der Waals surface area contributed by atoms with Gasteiger partial charge in [-0.25, -0.2) is 9.98 Å². The van der Waals surface area contributed by atoms with E-state index in [0.717, 1.165) is 5.56 Å². The van der Waals surface area contributed by atoms with Crippen LogP contribution in [0.25, 0.3) is 0 Å². The third-order valence-corrected chi connectivity index (χ3v) is 3.91. The number of hydrogen-bond donors (Lipinski definition) is 0. The molecule has 0 bridgehead atoms. The number of nitrogens with zero attached hydrogens (tertiary/aromatic N) is 3. The first kappa shape index (κ1) is 17.5. The first-order valence-corrected chi connectivity index (χ1v) is 7.98. The first-order valence-electron chi connectivity index (χ1n) is 7.98. The van der Waals surface area contributed by atoms with Crippen molar-refractivity contribution in [2.24, 2.45) is 15.0 Å². The number of carbonyl (C=O) groups is 2. The summed E-state index contributed by atoms with van der Waals surface area (Å²) >= 11 is 0. The maximum atomic E-state index is 12.2. The van der Waals surface area contributed by atoms with Crippen molar-refractivity contribution in [2.75, 3.05) is 14.2 Å². The van der Waals surface area contributed by atoms with Gasteiger partial charge in [0, 0.05) is 6.42 Å². The van der Waals surface area contributed by atoms with E-state index in [1.165, 1.54) is 12.4 Å². The lowest BCUT2D eigenvalue weighted by Crippen LogP contribution is -2.18. The summed E-state index contributed by atoms with van der Waals surface area (Å²) in [6.45, 7) is 0. The maximum Gasteiger partial charge on any atom is 0.280 e. The molecule has 132 valence electrons. The van der Waals surface area contributed by atoms with Crippen molar-refractivity contribution in [2.45, 2.75) is 12.8 Å². The number of benzene rings is 1. The van der Waals surface area contributed by atoms with Crippen LogP contribution in [0.2, 0.25) is 0 Å². The van der Waals surface area contributed by atoms with Gasteiger partial charge in [-0.3, -0.25) is 9.59 Å². The van der Waals surface area contributed by atoms with Crippen molar-refractivity contribution in [3.8, 4) is 11.5 Å². The molecular formula is C19H17N3O4. The summed E-state index contributed by atoms with van der Waals surface area (Å²) in [5.74, 6) is 0.596. The Balaban J connectivity index is 1.66. The van der Waals surface area contributed by atoms with E-state index in [4.69, 9.17) is 9.47 Å². The van der Waals surface area contributed by atoms with E-state index in [1.807, 2.05) is 12.1 Å². The molecule has 7 heteroatoms. The minimum absolute atomic E-state index is 0.239. The van der Waals surface area contributed by atoms with E-state index in [-0.39, 0.29) is 18.2 Å². The lowest BCUT2D eigenvalue weighted by atomic mass is 10.0. The number of fused-ring (bicyclic) bond motifs is 1. The van der Waals surface area contributed by atoms with Crippen molar-refractivity contribution >= 4 is 29.6 Å². The summed E-state index contributed by atoms with van der Waals surface area (Å²) in [6.07, 6.45) is 6.82. The van der Waals surface area contributed by atoms with Crippen LogP contribution in [0.3, 0.4) is 0 Å². The van der Waals surface area contributed by atoms with Crippen LogP contribution in [-0.2, 0) is 16.0 Å². The molecule has 1 aromatic rings. The van der Waals surface area contributed by atoms with E-state index >= 15 is 0 Å². The van der Waals surface area contributed by atoms with Crippen LogP contribution in [0.4, 0.5) is 0 Å². The van der Waals surface area contributed by atoms with Crippen LogP contribution in [0.5, 0.6) is 11.5 Å². The Kier molecular flexibility index (Phi) is 5.17. The SMILES string of the molecule is COc1ccc(CCC(=O)N=C2C=CC3=NC=NC(=O)C3=C2)cc1OC. The Hall–Kier alpha value is -3.35. The predicted octanol–water partition coefficient (Wildman–Crippen LogP) is 2.11. The zero-order chi connectivity index (χ0) is 18.5. The molecule has 1 aromatic carbocycles. The number of carbonyl (C=O) groups excluding carboxylic acids is 2. The molecule has 0 radical (unpaired) electrons. The lowest BCUT2D eigenvalue weighted by Gasteiger charge is -2.11. The smallest absolute Gasteiger partial charge is 0.280 e. The molecule has 1 heterocycles. The minimum atomic E-state index is -0.384. The summed E-state index contributed by atoms with van der Waals surface area (Å²) in [5, 5.41) is 0. The van der Waals surface area contributed by atoms with Gasteiger partial charge in [-0.1, -0.05) is 6.07 Å². The number of hydrogen-bond acceptors (Lipinski definition) is 5.